The predicted octanol–water partition coefficient (Wildman–Crippen LogP) is 0.538. The Morgan fingerprint density at radius 2 is 1.75 bits per heavy atom. The van der Waals surface area contributed by atoms with Crippen LogP contribution in [0, 0.1) is 0 Å². The van der Waals surface area contributed by atoms with Gasteiger partial charge in [-0.15, -0.1) is 0 Å². The van der Waals surface area contributed by atoms with E-state index in [1.54, 1.807) is 0 Å². The molecule has 0 spiro atoms. The van der Waals surface area contributed by atoms with E-state index in [1.165, 1.54) is 31.4 Å². The molecular weight excluding hydrogens is 288 g/mol. The van der Waals surface area contributed by atoms with Crippen LogP contribution in [-0.2, 0) is 25.2 Å². The number of rotatable bonds is 7. The van der Waals surface area contributed by atoms with Crippen LogP contribution >= 0.6 is 0 Å². The molecule has 0 aliphatic carbocycles. The van der Waals surface area contributed by atoms with Gasteiger partial charge in [-0.25, -0.2) is 8.42 Å². The van der Waals surface area contributed by atoms with E-state index in [9.17, 15) is 18.0 Å². The summed E-state index contributed by atoms with van der Waals surface area (Å²) in [6, 6.07) is 6.04. The first kappa shape index (κ1) is 16.0. The Bertz CT molecular complexity index is 589. The second kappa shape index (κ2) is 6.38. The van der Waals surface area contributed by atoms with E-state index >= 15 is 0 Å². The monoisotopic (exact) mass is 302 g/mol. The highest BCUT2D eigenvalue weighted by molar-refractivity contribution is 7.92. The second-order valence-electron chi connectivity index (χ2n) is 4.08. The van der Waals surface area contributed by atoms with Crippen molar-refractivity contribution in [1.29, 1.82) is 0 Å². The largest absolute Gasteiger partial charge is 0.497 e. The predicted molar refractivity (Wildman–Crippen MR) is 69.3 cm³/mol. The molecule has 0 saturated heterocycles. The molecule has 1 rings (SSSR count). The third-order valence-electron chi connectivity index (χ3n) is 2.60. The fraction of sp³-hybridized carbons (Fsp3) is 0.333. The smallest absolute Gasteiger partial charge is 0.322 e. The van der Waals surface area contributed by atoms with Crippen LogP contribution in [0.1, 0.15) is 12.0 Å². The number of hydrogen-bond donors (Lipinski definition) is 2. The van der Waals surface area contributed by atoms with Gasteiger partial charge in [0.15, 0.2) is 15.1 Å². The minimum atomic E-state index is -4.11. The normalized spacial score (nSPS) is 12.7. The molecule has 1 unspecified atom stereocenters. The van der Waals surface area contributed by atoms with Crippen molar-refractivity contribution in [1.82, 2.24) is 0 Å². The standard InChI is InChI=1S/C12H14O7S/c1-19-9-4-2-8(3-5-9)7-20(17,18)10(12(15)16)6-11(13)14/h2-5,10H,6-7H2,1H3,(H,13,14)(H,15,16). The molecule has 7 nitrogen and oxygen atoms in total. The molecule has 0 radical (unpaired) electrons. The number of aliphatic carboxylic acids is 2. The number of ether oxygens (including phenoxy) is 1. The number of hydrogen-bond acceptors (Lipinski definition) is 5. The first-order chi connectivity index (χ1) is 9.26. The summed E-state index contributed by atoms with van der Waals surface area (Å²) in [5.41, 5.74) is 0.363. The second-order valence-corrected chi connectivity index (χ2v) is 6.26. The van der Waals surface area contributed by atoms with Gasteiger partial charge in [0.2, 0.25) is 0 Å². The highest BCUT2D eigenvalue weighted by Crippen LogP contribution is 2.17. The van der Waals surface area contributed by atoms with E-state index in [4.69, 9.17) is 14.9 Å². The van der Waals surface area contributed by atoms with Crippen LogP contribution in [0.4, 0.5) is 0 Å². The van der Waals surface area contributed by atoms with Gasteiger partial charge in [-0.05, 0) is 17.7 Å². The van der Waals surface area contributed by atoms with Crippen LogP contribution in [0.3, 0.4) is 0 Å². The SMILES string of the molecule is COc1ccc(CS(=O)(=O)C(CC(=O)O)C(=O)O)cc1. The van der Waals surface area contributed by atoms with Crippen LogP contribution in [0.15, 0.2) is 24.3 Å². The zero-order valence-electron chi connectivity index (χ0n) is 10.6. The van der Waals surface area contributed by atoms with E-state index < -0.39 is 39.2 Å². The number of sulfone groups is 1. The maximum Gasteiger partial charge on any atom is 0.322 e. The van der Waals surface area contributed by atoms with Crippen molar-refractivity contribution >= 4 is 21.8 Å². The fourth-order valence-corrected chi connectivity index (χ4v) is 3.14. The van der Waals surface area contributed by atoms with E-state index in [1.807, 2.05) is 0 Å². The van der Waals surface area contributed by atoms with E-state index in [-0.39, 0.29) is 0 Å². The lowest BCUT2D eigenvalue weighted by Crippen LogP contribution is -2.33. The molecule has 0 heterocycles. The van der Waals surface area contributed by atoms with Gasteiger partial charge in [-0.2, -0.15) is 0 Å². The fourth-order valence-electron chi connectivity index (χ4n) is 1.58. The van der Waals surface area contributed by atoms with Crippen molar-refractivity contribution in [3.63, 3.8) is 0 Å². The summed E-state index contributed by atoms with van der Waals surface area (Å²) in [5.74, 6) is -3.15. The summed E-state index contributed by atoms with van der Waals surface area (Å²) in [6.45, 7) is 0. The molecular formula is C12H14O7S. The highest BCUT2D eigenvalue weighted by atomic mass is 32.2. The molecule has 1 aromatic rings. The first-order valence-corrected chi connectivity index (χ1v) is 7.27. The zero-order chi connectivity index (χ0) is 15.3. The lowest BCUT2D eigenvalue weighted by atomic mass is 10.2. The van der Waals surface area contributed by atoms with Crippen molar-refractivity contribution < 1.29 is 33.0 Å². The number of carboxylic acid groups (broad SMARTS) is 2. The Balaban J connectivity index is 2.96. The van der Waals surface area contributed by atoms with Crippen LogP contribution in [0.5, 0.6) is 5.75 Å². The van der Waals surface area contributed by atoms with Crippen LogP contribution < -0.4 is 4.74 Å². The van der Waals surface area contributed by atoms with Gasteiger partial charge in [0.25, 0.3) is 0 Å². The molecule has 0 aromatic heterocycles. The Hall–Kier alpha value is -2.09. The summed E-state index contributed by atoms with van der Waals surface area (Å²) < 4.78 is 28.8. The Labute approximate surface area is 115 Å². The molecule has 8 heteroatoms. The first-order valence-electron chi connectivity index (χ1n) is 5.55. The highest BCUT2D eigenvalue weighted by Gasteiger charge is 2.34. The molecule has 0 saturated carbocycles. The van der Waals surface area contributed by atoms with Crippen LogP contribution in [0.2, 0.25) is 0 Å². The Morgan fingerprint density at radius 1 is 1.20 bits per heavy atom. The Kier molecular flexibility index (Phi) is 5.09. The summed E-state index contributed by atoms with van der Waals surface area (Å²) in [5, 5.41) is 15.5. The molecule has 0 aliphatic rings. The third-order valence-corrected chi connectivity index (χ3v) is 4.57. The molecule has 0 fully saturated rings. The summed E-state index contributed by atoms with van der Waals surface area (Å²) in [7, 11) is -2.65. The molecule has 1 atom stereocenters. The number of carboxylic acids is 2. The number of carbonyl (C=O) groups is 2. The number of benzene rings is 1. The van der Waals surface area contributed by atoms with Crippen LogP contribution in [-0.4, -0.2) is 42.9 Å². The molecule has 0 bridgehead atoms. The van der Waals surface area contributed by atoms with Gasteiger partial charge in [0.1, 0.15) is 5.75 Å². The molecule has 0 amide bonds. The van der Waals surface area contributed by atoms with Crippen molar-refractivity contribution in [2.45, 2.75) is 17.4 Å². The molecule has 20 heavy (non-hydrogen) atoms. The van der Waals surface area contributed by atoms with E-state index in [2.05, 4.69) is 0 Å². The van der Waals surface area contributed by atoms with Crippen molar-refractivity contribution in [2.75, 3.05) is 7.11 Å². The topological polar surface area (TPSA) is 118 Å². The molecule has 2 N–H and O–H groups in total. The minimum absolute atomic E-state index is 0.363. The zero-order valence-corrected chi connectivity index (χ0v) is 11.5. The van der Waals surface area contributed by atoms with Gasteiger partial charge in [-0.1, -0.05) is 12.1 Å². The third kappa shape index (κ3) is 4.23. The lowest BCUT2D eigenvalue weighted by molar-refractivity contribution is -0.143. The van der Waals surface area contributed by atoms with Gasteiger partial charge in [0, 0.05) is 0 Å². The van der Waals surface area contributed by atoms with Crippen molar-refractivity contribution in [3.05, 3.63) is 29.8 Å². The summed E-state index contributed by atoms with van der Waals surface area (Å²) >= 11 is 0. The van der Waals surface area contributed by atoms with E-state index in [0.29, 0.717) is 11.3 Å². The van der Waals surface area contributed by atoms with Crippen molar-refractivity contribution in [2.24, 2.45) is 0 Å². The molecule has 0 aliphatic heterocycles. The average Bonchev–Trinajstić information content (AvgIpc) is 2.35. The number of methoxy groups -OCH3 is 1. The maximum absolute atomic E-state index is 12.0. The molecule has 1 aromatic carbocycles. The minimum Gasteiger partial charge on any atom is -0.497 e. The van der Waals surface area contributed by atoms with E-state index in [0.717, 1.165) is 0 Å². The van der Waals surface area contributed by atoms with Gasteiger partial charge in [-0.3, -0.25) is 9.59 Å². The lowest BCUT2D eigenvalue weighted by Gasteiger charge is -2.11. The van der Waals surface area contributed by atoms with Gasteiger partial charge < -0.3 is 14.9 Å². The Morgan fingerprint density at radius 3 is 2.15 bits per heavy atom. The summed E-state index contributed by atoms with van der Waals surface area (Å²) in [6.07, 6.45) is -0.964. The van der Waals surface area contributed by atoms with Crippen LogP contribution in [0.25, 0.3) is 0 Å². The maximum atomic E-state index is 12.0. The van der Waals surface area contributed by atoms with Gasteiger partial charge >= 0.3 is 11.9 Å². The van der Waals surface area contributed by atoms with Gasteiger partial charge in [0.05, 0.1) is 19.3 Å². The molecule has 110 valence electrons. The quantitative estimate of drug-likeness (QED) is 0.754. The average molecular weight is 302 g/mol. The summed E-state index contributed by atoms with van der Waals surface area (Å²) in [4.78, 5) is 21.5. The van der Waals surface area contributed by atoms with Crippen molar-refractivity contribution in [3.8, 4) is 5.75 Å².